The van der Waals surface area contributed by atoms with Crippen molar-refractivity contribution in [3.8, 4) is 0 Å². The zero-order valence-electron chi connectivity index (χ0n) is 12.1. The summed E-state index contributed by atoms with van der Waals surface area (Å²) in [4.78, 5) is 22.0. The quantitative estimate of drug-likeness (QED) is 0.454. The molecule has 0 aliphatic heterocycles. The van der Waals surface area contributed by atoms with Crippen LogP contribution in [-0.4, -0.2) is 47.4 Å². The minimum atomic E-state index is -0.810. The summed E-state index contributed by atoms with van der Waals surface area (Å²) in [6.07, 6.45) is 3.11. The Morgan fingerprint density at radius 3 is 2.55 bits per heavy atom. The van der Waals surface area contributed by atoms with E-state index in [-0.39, 0.29) is 11.9 Å². The molecule has 20 heavy (non-hydrogen) atoms. The molecule has 1 aliphatic rings. The van der Waals surface area contributed by atoms with Crippen molar-refractivity contribution in [1.82, 2.24) is 5.32 Å². The van der Waals surface area contributed by atoms with Gasteiger partial charge in [-0.1, -0.05) is 0 Å². The number of aliphatic carboxylic acids is 1. The van der Waals surface area contributed by atoms with Crippen molar-refractivity contribution in [1.29, 1.82) is 0 Å². The Morgan fingerprint density at radius 2 is 2.00 bits per heavy atom. The lowest BCUT2D eigenvalue weighted by Crippen LogP contribution is -2.44. The van der Waals surface area contributed by atoms with Crippen molar-refractivity contribution in [2.24, 2.45) is 5.92 Å². The molecule has 6 heteroatoms. The van der Waals surface area contributed by atoms with E-state index < -0.39 is 11.6 Å². The summed E-state index contributed by atoms with van der Waals surface area (Å²) in [6, 6.07) is 0. The smallest absolute Gasteiger partial charge is 0.306 e. The summed E-state index contributed by atoms with van der Waals surface area (Å²) in [5, 5.41) is 22.4. The predicted molar refractivity (Wildman–Crippen MR) is 73.3 cm³/mol. The number of carbonyl (C=O) groups is 2. The minimum Gasteiger partial charge on any atom is -0.481 e. The number of aliphatic hydroxyl groups is 1. The molecule has 0 aromatic rings. The van der Waals surface area contributed by atoms with Gasteiger partial charge in [-0.05, 0) is 45.6 Å². The highest BCUT2D eigenvalue weighted by molar-refractivity contribution is 5.70. The Bertz CT molecular complexity index is 324. The highest BCUT2D eigenvalue weighted by Crippen LogP contribution is 2.31. The number of carboxylic acids is 1. The lowest BCUT2D eigenvalue weighted by atomic mass is 9.79. The van der Waals surface area contributed by atoms with Gasteiger partial charge in [-0.2, -0.15) is 0 Å². The summed E-state index contributed by atoms with van der Waals surface area (Å²) in [7, 11) is 0. The molecule has 0 bridgehead atoms. The number of rotatable bonds is 8. The van der Waals surface area contributed by atoms with E-state index in [4.69, 9.17) is 9.84 Å². The van der Waals surface area contributed by atoms with Gasteiger partial charge >= 0.3 is 11.9 Å². The lowest BCUT2D eigenvalue weighted by Gasteiger charge is -2.34. The Morgan fingerprint density at radius 1 is 1.35 bits per heavy atom. The van der Waals surface area contributed by atoms with Gasteiger partial charge in [0, 0.05) is 13.0 Å². The van der Waals surface area contributed by atoms with Crippen LogP contribution in [0.3, 0.4) is 0 Å². The molecular formula is C14H25NO5. The normalized spacial score (nSPS) is 26.2. The molecule has 6 nitrogen and oxygen atoms in total. The molecule has 0 aromatic heterocycles. The van der Waals surface area contributed by atoms with E-state index in [2.05, 4.69) is 5.32 Å². The Labute approximate surface area is 119 Å². The van der Waals surface area contributed by atoms with Gasteiger partial charge in [0.25, 0.3) is 0 Å². The van der Waals surface area contributed by atoms with Crippen LogP contribution in [0, 0.1) is 5.92 Å². The average Bonchev–Trinajstić information content (AvgIpc) is 2.39. The first-order valence-electron chi connectivity index (χ1n) is 7.28. The highest BCUT2D eigenvalue weighted by atomic mass is 16.5. The number of hydrogen-bond acceptors (Lipinski definition) is 5. The maximum atomic E-state index is 11.1. The van der Waals surface area contributed by atoms with E-state index in [1.54, 1.807) is 6.92 Å². The van der Waals surface area contributed by atoms with Crippen LogP contribution in [0.4, 0.5) is 0 Å². The zero-order chi connectivity index (χ0) is 15.0. The van der Waals surface area contributed by atoms with Crippen LogP contribution >= 0.6 is 0 Å². The van der Waals surface area contributed by atoms with Crippen molar-refractivity contribution < 1.29 is 24.5 Å². The fourth-order valence-electron chi connectivity index (χ4n) is 2.49. The number of ether oxygens (including phenoxy) is 1. The van der Waals surface area contributed by atoms with Crippen LogP contribution < -0.4 is 5.32 Å². The van der Waals surface area contributed by atoms with Crippen LogP contribution in [0.2, 0.25) is 0 Å². The van der Waals surface area contributed by atoms with Gasteiger partial charge in [0.1, 0.15) is 0 Å². The summed E-state index contributed by atoms with van der Waals surface area (Å²) < 4.78 is 4.82. The van der Waals surface area contributed by atoms with Gasteiger partial charge in [-0.3, -0.25) is 9.59 Å². The van der Waals surface area contributed by atoms with Crippen molar-refractivity contribution >= 4 is 11.9 Å². The van der Waals surface area contributed by atoms with E-state index in [9.17, 15) is 14.7 Å². The summed E-state index contributed by atoms with van der Waals surface area (Å²) in [6.45, 7) is 3.27. The molecule has 1 aliphatic carbocycles. The third kappa shape index (κ3) is 5.88. The summed E-state index contributed by atoms with van der Waals surface area (Å²) >= 11 is 0. The van der Waals surface area contributed by atoms with Gasteiger partial charge in [-0.15, -0.1) is 0 Å². The van der Waals surface area contributed by atoms with Crippen LogP contribution in [0.15, 0.2) is 0 Å². The van der Waals surface area contributed by atoms with Crippen LogP contribution in [0.25, 0.3) is 0 Å². The van der Waals surface area contributed by atoms with Gasteiger partial charge < -0.3 is 20.3 Å². The van der Waals surface area contributed by atoms with Crippen molar-refractivity contribution in [2.45, 2.75) is 51.0 Å². The Kier molecular flexibility index (Phi) is 6.95. The highest BCUT2D eigenvalue weighted by Gasteiger charge is 2.35. The number of nitrogens with one attached hydrogen (secondary N) is 1. The Balaban J connectivity index is 2.13. The molecule has 1 fully saturated rings. The van der Waals surface area contributed by atoms with Crippen LogP contribution in [-0.2, 0) is 14.3 Å². The molecule has 0 radical (unpaired) electrons. The second kappa shape index (κ2) is 8.21. The topological polar surface area (TPSA) is 95.9 Å². The maximum Gasteiger partial charge on any atom is 0.306 e. The molecule has 0 atom stereocenters. The minimum absolute atomic E-state index is 0.199. The molecule has 1 rings (SSSR count). The van der Waals surface area contributed by atoms with Crippen molar-refractivity contribution in [2.75, 3.05) is 19.7 Å². The van der Waals surface area contributed by atoms with Crippen molar-refractivity contribution in [3.05, 3.63) is 0 Å². The van der Waals surface area contributed by atoms with Gasteiger partial charge in [0.05, 0.1) is 18.1 Å². The van der Waals surface area contributed by atoms with E-state index >= 15 is 0 Å². The monoisotopic (exact) mass is 287 g/mol. The van der Waals surface area contributed by atoms with Gasteiger partial charge in [-0.25, -0.2) is 0 Å². The van der Waals surface area contributed by atoms with E-state index in [1.165, 1.54) is 0 Å². The molecule has 0 heterocycles. The number of hydrogen-bond donors (Lipinski definition) is 3. The number of esters is 1. The molecule has 0 unspecified atom stereocenters. The molecule has 0 aromatic carbocycles. The molecular weight excluding hydrogens is 262 g/mol. The molecule has 116 valence electrons. The summed E-state index contributed by atoms with van der Waals surface area (Å²) in [5.74, 6) is -1.29. The molecule has 0 spiro atoms. The number of carbonyl (C=O) groups excluding carboxylic acids is 1. The molecule has 0 saturated heterocycles. The zero-order valence-corrected chi connectivity index (χ0v) is 12.1. The number of carboxylic acid groups (broad SMARTS) is 1. The standard InChI is InChI=1S/C14H25NO5/c1-2-20-12(16)4-3-9-15-10-14(19)7-5-11(6-8-14)13(17)18/h11,15,19H,2-10H2,1H3,(H,17,18). The average molecular weight is 287 g/mol. The second-order valence-corrected chi connectivity index (χ2v) is 5.42. The fraction of sp³-hybridized carbons (Fsp3) is 0.857. The first kappa shape index (κ1) is 16.9. The molecule has 0 amide bonds. The molecule has 1 saturated carbocycles. The fourth-order valence-corrected chi connectivity index (χ4v) is 2.49. The van der Waals surface area contributed by atoms with E-state index in [0.717, 1.165) is 0 Å². The van der Waals surface area contributed by atoms with Gasteiger partial charge in [0.15, 0.2) is 0 Å². The summed E-state index contributed by atoms with van der Waals surface area (Å²) in [5.41, 5.74) is -0.810. The third-order valence-corrected chi connectivity index (χ3v) is 3.76. The lowest BCUT2D eigenvalue weighted by molar-refractivity contribution is -0.145. The largest absolute Gasteiger partial charge is 0.481 e. The second-order valence-electron chi connectivity index (χ2n) is 5.42. The van der Waals surface area contributed by atoms with E-state index in [0.29, 0.717) is 58.2 Å². The Hall–Kier alpha value is -1.14. The first-order valence-corrected chi connectivity index (χ1v) is 7.28. The maximum absolute atomic E-state index is 11.1. The van der Waals surface area contributed by atoms with Gasteiger partial charge in [0.2, 0.25) is 0 Å². The van der Waals surface area contributed by atoms with Crippen LogP contribution in [0.5, 0.6) is 0 Å². The SMILES string of the molecule is CCOC(=O)CCCNCC1(O)CCC(C(=O)O)CC1. The predicted octanol–water partition coefficient (Wildman–Crippen LogP) is 0.925. The third-order valence-electron chi connectivity index (χ3n) is 3.76. The van der Waals surface area contributed by atoms with E-state index in [1.807, 2.05) is 0 Å². The molecule has 3 N–H and O–H groups in total. The van der Waals surface area contributed by atoms with Crippen molar-refractivity contribution in [3.63, 3.8) is 0 Å². The van der Waals surface area contributed by atoms with Crippen LogP contribution in [0.1, 0.15) is 45.4 Å². The first-order chi connectivity index (χ1) is 9.47.